The van der Waals surface area contributed by atoms with E-state index in [1.165, 1.54) is 6.42 Å². The number of nitrogens with one attached hydrogen (secondary N) is 1. The maximum atomic E-state index is 11.4. The summed E-state index contributed by atoms with van der Waals surface area (Å²) in [5.41, 5.74) is 0. The van der Waals surface area contributed by atoms with E-state index < -0.39 is 5.97 Å². The number of esters is 2. The number of amides is 1. The van der Waals surface area contributed by atoms with Crippen molar-refractivity contribution in [2.24, 2.45) is 0 Å². The van der Waals surface area contributed by atoms with E-state index >= 15 is 0 Å². The highest BCUT2D eigenvalue weighted by atomic mass is 16.6. The summed E-state index contributed by atoms with van der Waals surface area (Å²) in [5.74, 6) is -1.57. The van der Waals surface area contributed by atoms with Gasteiger partial charge in [0, 0.05) is 39.6 Å². The van der Waals surface area contributed by atoms with Crippen molar-refractivity contribution in [3.8, 4) is 0 Å². The van der Waals surface area contributed by atoms with Crippen molar-refractivity contribution < 1.29 is 38.9 Å². The molecular weight excluding hydrogens is 602 g/mol. The molecular formula is C36H91N3O8. The van der Waals surface area contributed by atoms with Crippen LogP contribution in [0.4, 0.5) is 0 Å². The summed E-state index contributed by atoms with van der Waals surface area (Å²) in [6.45, 7) is 10.0. The molecule has 0 aromatic heterocycles. The number of carbonyl (C=O) groups is 4. The van der Waals surface area contributed by atoms with Crippen LogP contribution >= 0.6 is 0 Å². The zero-order valence-electron chi connectivity index (χ0n) is 24.8. The van der Waals surface area contributed by atoms with Crippen molar-refractivity contribution in [3.63, 3.8) is 0 Å². The quantitative estimate of drug-likeness (QED) is 0.0839. The van der Waals surface area contributed by atoms with E-state index in [2.05, 4.69) is 24.1 Å². The van der Waals surface area contributed by atoms with Crippen LogP contribution < -0.4 is 5.32 Å². The molecule has 0 aliphatic heterocycles. The van der Waals surface area contributed by atoms with Crippen molar-refractivity contribution in [2.45, 2.75) is 152 Å². The number of aliphatic carboxylic acids is 1. The van der Waals surface area contributed by atoms with Crippen LogP contribution in [0.5, 0.6) is 0 Å². The normalized spacial score (nSPS) is 8.09. The van der Waals surface area contributed by atoms with Gasteiger partial charge in [-0.3, -0.25) is 19.2 Å². The SMILES string of the molecule is C.C.C.C.C.C.C.C.C.CCCN(C)C(=O)CCC(=O)O.CCCN(C)CCC(=O)OCCOC(=O)CCCCCO.CCCNC. The zero-order valence-corrected chi connectivity index (χ0v) is 24.8. The van der Waals surface area contributed by atoms with Crippen LogP contribution in [-0.4, -0.2) is 111 Å². The topological polar surface area (TPSA) is 146 Å². The molecule has 0 bridgehead atoms. The summed E-state index contributed by atoms with van der Waals surface area (Å²) >= 11 is 0. The Labute approximate surface area is 296 Å². The molecule has 0 fully saturated rings. The zero-order chi connectivity index (χ0) is 29.6. The molecule has 0 heterocycles. The Kier molecular flexibility index (Phi) is 106. The van der Waals surface area contributed by atoms with Crippen LogP contribution in [0, 0.1) is 0 Å². The van der Waals surface area contributed by atoms with Crippen LogP contribution in [0.1, 0.15) is 152 Å². The molecule has 0 aliphatic carbocycles. The van der Waals surface area contributed by atoms with Crippen LogP contribution in [0.15, 0.2) is 0 Å². The van der Waals surface area contributed by atoms with Gasteiger partial charge in [0.1, 0.15) is 13.2 Å². The predicted octanol–water partition coefficient (Wildman–Crippen LogP) is 8.42. The van der Waals surface area contributed by atoms with E-state index in [9.17, 15) is 19.2 Å². The number of carboxylic acid groups (broad SMARTS) is 1. The minimum absolute atomic E-state index is 0. The molecule has 0 rings (SSSR count). The molecule has 11 heteroatoms. The van der Waals surface area contributed by atoms with E-state index in [0.29, 0.717) is 38.8 Å². The maximum absolute atomic E-state index is 11.4. The maximum Gasteiger partial charge on any atom is 0.307 e. The smallest absolute Gasteiger partial charge is 0.307 e. The van der Waals surface area contributed by atoms with Gasteiger partial charge in [0.15, 0.2) is 0 Å². The van der Waals surface area contributed by atoms with Crippen molar-refractivity contribution in [3.05, 3.63) is 0 Å². The first kappa shape index (κ1) is 79.9. The summed E-state index contributed by atoms with van der Waals surface area (Å²) < 4.78 is 9.94. The average Bonchev–Trinajstić information content (AvgIpc) is 2.88. The van der Waals surface area contributed by atoms with Gasteiger partial charge in [0.05, 0.1) is 12.8 Å². The van der Waals surface area contributed by atoms with E-state index in [0.717, 1.165) is 32.4 Å². The fourth-order valence-electron chi connectivity index (χ4n) is 2.90. The molecule has 0 aromatic rings. The lowest BCUT2D eigenvalue weighted by Crippen LogP contribution is -2.27. The first-order chi connectivity index (χ1) is 18.1. The van der Waals surface area contributed by atoms with Gasteiger partial charge in [-0.15, -0.1) is 0 Å². The molecule has 0 aromatic carbocycles. The standard InChI is InChI=1S/C15H29NO5.C8H15NO3.C4H11N.9CH4/c1-3-9-16(2)10-8-15(19)21-13-12-20-14(18)7-5-4-6-11-17;1-3-6-9(2)7(10)4-5-8(11)12;1-3-4-5-2;;;;;;;;;/h17H,3-13H2,1-2H3;3-6H2,1-2H3,(H,11,12);5H,3-4H2,1-2H3;9*1H4. The average molecular weight is 694 g/mol. The minimum atomic E-state index is -0.923. The fraction of sp³-hybridized carbons (Fsp3) is 0.889. The van der Waals surface area contributed by atoms with Crippen LogP contribution in [0.2, 0.25) is 0 Å². The molecule has 11 nitrogen and oxygen atoms in total. The van der Waals surface area contributed by atoms with Gasteiger partial charge in [0.2, 0.25) is 5.91 Å². The lowest BCUT2D eigenvalue weighted by molar-refractivity contribution is -0.152. The first-order valence-electron chi connectivity index (χ1n) is 13.8. The lowest BCUT2D eigenvalue weighted by atomic mass is 10.2. The van der Waals surface area contributed by atoms with Gasteiger partial charge >= 0.3 is 17.9 Å². The van der Waals surface area contributed by atoms with Crippen LogP contribution in [-0.2, 0) is 28.7 Å². The molecule has 0 radical (unpaired) electrons. The molecule has 0 unspecified atom stereocenters. The Morgan fingerprint density at radius 1 is 0.617 bits per heavy atom. The Morgan fingerprint density at radius 2 is 1.09 bits per heavy atom. The molecule has 0 atom stereocenters. The van der Waals surface area contributed by atoms with Crippen molar-refractivity contribution in [2.75, 3.05) is 67.1 Å². The minimum Gasteiger partial charge on any atom is -0.481 e. The molecule has 298 valence electrons. The van der Waals surface area contributed by atoms with E-state index in [4.69, 9.17) is 19.7 Å². The van der Waals surface area contributed by atoms with Gasteiger partial charge in [-0.05, 0) is 59.3 Å². The Hall–Kier alpha value is -2.24. The number of unbranched alkanes of at least 4 members (excludes halogenated alkanes) is 2. The summed E-state index contributed by atoms with van der Waals surface area (Å²) in [5, 5.41) is 19.9. The van der Waals surface area contributed by atoms with E-state index in [1.54, 1.807) is 11.9 Å². The summed E-state index contributed by atoms with van der Waals surface area (Å²) in [6.07, 6.45) is 6.14. The second-order valence-corrected chi connectivity index (χ2v) is 8.84. The number of carboxylic acids is 1. The van der Waals surface area contributed by atoms with Crippen molar-refractivity contribution >= 4 is 23.8 Å². The van der Waals surface area contributed by atoms with E-state index in [-0.39, 0.29) is 117 Å². The molecule has 3 N–H and O–H groups in total. The van der Waals surface area contributed by atoms with Crippen molar-refractivity contribution in [1.82, 2.24) is 15.1 Å². The summed E-state index contributed by atoms with van der Waals surface area (Å²) in [6, 6.07) is 0. The number of aliphatic hydroxyl groups is 1. The number of nitrogens with zero attached hydrogens (tertiary/aromatic N) is 2. The van der Waals surface area contributed by atoms with Gasteiger partial charge in [-0.1, -0.05) is 94.0 Å². The van der Waals surface area contributed by atoms with Gasteiger partial charge < -0.3 is 34.8 Å². The fourth-order valence-corrected chi connectivity index (χ4v) is 2.90. The lowest BCUT2D eigenvalue weighted by Gasteiger charge is -2.14. The number of ether oxygens (including phenoxy) is 2. The molecule has 47 heavy (non-hydrogen) atoms. The van der Waals surface area contributed by atoms with E-state index in [1.807, 2.05) is 21.0 Å². The molecule has 1 amide bonds. The number of carbonyl (C=O) groups excluding carboxylic acids is 3. The Balaban J connectivity index is -0.0000000413. The third kappa shape index (κ3) is 71.1. The highest BCUT2D eigenvalue weighted by molar-refractivity contribution is 5.80. The second kappa shape index (κ2) is 62.6. The third-order valence-electron chi connectivity index (χ3n) is 4.99. The monoisotopic (exact) mass is 694 g/mol. The second-order valence-electron chi connectivity index (χ2n) is 8.84. The van der Waals surface area contributed by atoms with Gasteiger partial charge in [-0.25, -0.2) is 0 Å². The van der Waals surface area contributed by atoms with Gasteiger partial charge in [-0.2, -0.15) is 0 Å². The largest absolute Gasteiger partial charge is 0.481 e. The number of rotatable bonds is 20. The number of hydrogen-bond acceptors (Lipinski definition) is 9. The first-order valence-corrected chi connectivity index (χ1v) is 13.8. The third-order valence-corrected chi connectivity index (χ3v) is 4.99. The van der Waals surface area contributed by atoms with Crippen LogP contribution in [0.3, 0.4) is 0 Å². The number of hydrogen-bond donors (Lipinski definition) is 3. The molecule has 0 aliphatic rings. The summed E-state index contributed by atoms with van der Waals surface area (Å²) in [4.78, 5) is 47.6. The molecule has 0 spiro atoms. The highest BCUT2D eigenvalue weighted by Crippen LogP contribution is 2.01. The Morgan fingerprint density at radius 3 is 1.45 bits per heavy atom. The molecule has 0 saturated heterocycles. The Bertz CT molecular complexity index is 593. The van der Waals surface area contributed by atoms with Gasteiger partial charge in [0.25, 0.3) is 0 Å². The molecule has 0 saturated carbocycles. The highest BCUT2D eigenvalue weighted by Gasteiger charge is 2.09. The number of aliphatic hydroxyl groups excluding tert-OH is 1. The van der Waals surface area contributed by atoms with Crippen molar-refractivity contribution in [1.29, 1.82) is 0 Å². The van der Waals surface area contributed by atoms with Crippen LogP contribution in [0.25, 0.3) is 0 Å². The summed E-state index contributed by atoms with van der Waals surface area (Å²) in [7, 11) is 5.62. The predicted molar refractivity (Wildman–Crippen MR) is 209 cm³/mol.